The Balaban J connectivity index is 2.23. The number of ether oxygens (including phenoxy) is 2. The van der Waals surface area contributed by atoms with Crippen LogP contribution in [0.5, 0.6) is 5.88 Å². The van der Waals surface area contributed by atoms with Crippen LogP contribution < -0.4 is 4.74 Å². The minimum atomic E-state index is -0.484. The van der Waals surface area contributed by atoms with Gasteiger partial charge in [-0.3, -0.25) is 4.90 Å². The van der Waals surface area contributed by atoms with Gasteiger partial charge < -0.3 is 9.47 Å². The van der Waals surface area contributed by atoms with E-state index in [1.165, 1.54) is 0 Å². The Hall–Kier alpha value is -1.78. The summed E-state index contributed by atoms with van der Waals surface area (Å²) in [4.78, 5) is 18.3. The number of aromatic nitrogens is 1. The number of carbonyl (C=O) groups is 1. The second-order valence-electron chi connectivity index (χ2n) is 6.13. The number of fused-ring (bicyclic) bond motifs is 1. The highest BCUT2D eigenvalue weighted by Crippen LogP contribution is 2.31. The predicted molar refractivity (Wildman–Crippen MR) is 75.7 cm³/mol. The molecular weight excluding hydrogens is 256 g/mol. The number of pyridine rings is 1. The van der Waals surface area contributed by atoms with Crippen LogP contribution in [0.2, 0.25) is 0 Å². The van der Waals surface area contributed by atoms with Gasteiger partial charge in [0.05, 0.1) is 25.9 Å². The maximum absolute atomic E-state index is 12.1. The highest BCUT2D eigenvalue weighted by Gasteiger charge is 2.30. The van der Waals surface area contributed by atoms with Crippen LogP contribution in [0.25, 0.3) is 0 Å². The molecule has 2 rings (SSSR count). The van der Waals surface area contributed by atoms with Crippen LogP contribution in [0.4, 0.5) is 4.79 Å². The van der Waals surface area contributed by atoms with Gasteiger partial charge in [0.2, 0.25) is 5.88 Å². The topological polar surface area (TPSA) is 51.7 Å². The Morgan fingerprint density at radius 2 is 1.85 bits per heavy atom. The van der Waals surface area contributed by atoms with E-state index in [1.807, 2.05) is 34.6 Å². The van der Waals surface area contributed by atoms with Crippen LogP contribution in [0.3, 0.4) is 0 Å². The van der Waals surface area contributed by atoms with E-state index in [-0.39, 0.29) is 6.09 Å². The lowest BCUT2D eigenvalue weighted by atomic mass is 10.0. The molecule has 0 bridgehead atoms. The van der Waals surface area contributed by atoms with Gasteiger partial charge in [0, 0.05) is 5.56 Å². The molecule has 1 amide bonds. The third-order valence-corrected chi connectivity index (χ3v) is 3.46. The lowest BCUT2D eigenvalue weighted by molar-refractivity contribution is 0.0240. The van der Waals surface area contributed by atoms with Crippen molar-refractivity contribution in [3.63, 3.8) is 0 Å². The number of carbonyl (C=O) groups excluding carboxylic acids is 1. The van der Waals surface area contributed by atoms with Crippen molar-refractivity contribution in [3.05, 3.63) is 22.4 Å². The number of methoxy groups -OCH3 is 1. The number of rotatable bonds is 1. The van der Waals surface area contributed by atoms with E-state index in [4.69, 9.17) is 9.47 Å². The van der Waals surface area contributed by atoms with Gasteiger partial charge in [0.25, 0.3) is 0 Å². The quantitative estimate of drug-likeness (QED) is 0.792. The molecule has 0 saturated carbocycles. The van der Waals surface area contributed by atoms with Crippen molar-refractivity contribution < 1.29 is 14.3 Å². The summed E-state index contributed by atoms with van der Waals surface area (Å²) < 4.78 is 10.7. The van der Waals surface area contributed by atoms with Crippen LogP contribution in [-0.2, 0) is 17.8 Å². The molecule has 0 spiro atoms. The number of hydrogen-bond acceptors (Lipinski definition) is 4. The van der Waals surface area contributed by atoms with Gasteiger partial charge >= 0.3 is 6.09 Å². The average molecular weight is 278 g/mol. The minimum Gasteiger partial charge on any atom is -0.481 e. The first kappa shape index (κ1) is 14.6. The lowest BCUT2D eigenvalue weighted by Crippen LogP contribution is -2.33. The molecule has 0 aromatic carbocycles. The first-order valence-electron chi connectivity index (χ1n) is 6.74. The second kappa shape index (κ2) is 4.96. The zero-order valence-electron chi connectivity index (χ0n) is 13.0. The first-order valence-corrected chi connectivity index (χ1v) is 6.74. The van der Waals surface area contributed by atoms with E-state index in [1.54, 1.807) is 12.0 Å². The Kier molecular flexibility index (Phi) is 3.63. The molecule has 2 heterocycles. The Labute approximate surface area is 119 Å². The third kappa shape index (κ3) is 2.71. The summed E-state index contributed by atoms with van der Waals surface area (Å²) in [6.07, 6.45) is -0.300. The zero-order chi connectivity index (χ0) is 15.1. The number of hydrogen-bond donors (Lipinski definition) is 0. The molecular formula is C15H22N2O3. The first-order chi connectivity index (χ1) is 9.23. The largest absolute Gasteiger partial charge is 0.481 e. The van der Waals surface area contributed by atoms with E-state index in [2.05, 4.69) is 4.98 Å². The summed E-state index contributed by atoms with van der Waals surface area (Å²) in [7, 11) is 1.61. The monoisotopic (exact) mass is 278 g/mol. The smallest absolute Gasteiger partial charge is 0.410 e. The van der Waals surface area contributed by atoms with Gasteiger partial charge in [0.1, 0.15) is 5.60 Å². The fraction of sp³-hybridized carbons (Fsp3) is 0.600. The minimum absolute atomic E-state index is 0.300. The van der Waals surface area contributed by atoms with Crippen LogP contribution in [0.1, 0.15) is 43.2 Å². The fourth-order valence-corrected chi connectivity index (χ4v) is 2.30. The Morgan fingerprint density at radius 3 is 2.40 bits per heavy atom. The molecule has 20 heavy (non-hydrogen) atoms. The van der Waals surface area contributed by atoms with E-state index in [0.717, 1.165) is 22.4 Å². The zero-order valence-corrected chi connectivity index (χ0v) is 13.0. The van der Waals surface area contributed by atoms with E-state index in [0.29, 0.717) is 19.0 Å². The SMILES string of the molecule is COc1nc2c(c(C)c1C)CN(C(=O)OC(C)(C)C)C2. The van der Waals surface area contributed by atoms with Crippen LogP contribution in [-0.4, -0.2) is 28.7 Å². The van der Waals surface area contributed by atoms with Crippen molar-refractivity contribution in [2.75, 3.05) is 7.11 Å². The van der Waals surface area contributed by atoms with Crippen LogP contribution in [0, 0.1) is 13.8 Å². The normalized spacial score (nSPS) is 14.2. The molecule has 0 aliphatic carbocycles. The molecule has 0 radical (unpaired) electrons. The standard InChI is InChI=1S/C15H22N2O3/c1-9-10(2)13(19-6)16-12-8-17(7-11(9)12)14(18)20-15(3,4)5/h7-8H2,1-6H3. The number of amides is 1. The summed E-state index contributed by atoms with van der Waals surface area (Å²) in [5.74, 6) is 0.632. The molecule has 5 heteroatoms. The summed E-state index contributed by atoms with van der Waals surface area (Å²) in [6.45, 7) is 10.6. The predicted octanol–water partition coefficient (Wildman–Crippen LogP) is 2.96. The van der Waals surface area contributed by atoms with Gasteiger partial charge in [0.15, 0.2) is 0 Å². The highest BCUT2D eigenvalue weighted by molar-refractivity contribution is 5.69. The van der Waals surface area contributed by atoms with Crippen molar-refractivity contribution in [1.82, 2.24) is 9.88 Å². The van der Waals surface area contributed by atoms with Crippen LogP contribution in [0.15, 0.2) is 0 Å². The van der Waals surface area contributed by atoms with Crippen molar-refractivity contribution in [2.24, 2.45) is 0 Å². The van der Waals surface area contributed by atoms with Gasteiger partial charge in [-0.25, -0.2) is 9.78 Å². The third-order valence-electron chi connectivity index (χ3n) is 3.46. The average Bonchev–Trinajstić information content (AvgIpc) is 2.75. The molecule has 0 atom stereocenters. The highest BCUT2D eigenvalue weighted by atomic mass is 16.6. The van der Waals surface area contributed by atoms with Gasteiger partial charge in [-0.15, -0.1) is 0 Å². The van der Waals surface area contributed by atoms with Gasteiger partial charge in [-0.05, 0) is 45.7 Å². The molecule has 0 N–H and O–H groups in total. The summed E-state index contributed by atoms with van der Waals surface area (Å²) >= 11 is 0. The lowest BCUT2D eigenvalue weighted by Gasteiger charge is -2.24. The molecule has 1 aromatic heterocycles. The maximum atomic E-state index is 12.1. The Morgan fingerprint density at radius 1 is 1.20 bits per heavy atom. The van der Waals surface area contributed by atoms with Crippen molar-refractivity contribution in [1.29, 1.82) is 0 Å². The van der Waals surface area contributed by atoms with Gasteiger partial charge in [-0.1, -0.05) is 0 Å². The summed E-state index contributed by atoms with van der Waals surface area (Å²) in [5.41, 5.74) is 3.68. The number of nitrogens with zero attached hydrogens (tertiary/aromatic N) is 2. The van der Waals surface area contributed by atoms with Crippen molar-refractivity contribution in [3.8, 4) is 5.88 Å². The van der Waals surface area contributed by atoms with Gasteiger partial charge in [-0.2, -0.15) is 0 Å². The molecule has 110 valence electrons. The molecule has 1 aromatic rings. The second-order valence-corrected chi connectivity index (χ2v) is 6.13. The molecule has 0 saturated heterocycles. The fourth-order valence-electron chi connectivity index (χ4n) is 2.30. The van der Waals surface area contributed by atoms with E-state index in [9.17, 15) is 4.79 Å². The molecule has 1 aliphatic heterocycles. The molecule has 0 fully saturated rings. The van der Waals surface area contributed by atoms with Crippen LogP contribution >= 0.6 is 0 Å². The molecule has 1 aliphatic rings. The van der Waals surface area contributed by atoms with E-state index >= 15 is 0 Å². The Bertz CT molecular complexity index is 547. The van der Waals surface area contributed by atoms with E-state index < -0.39 is 5.60 Å². The summed E-state index contributed by atoms with van der Waals surface area (Å²) in [5, 5.41) is 0. The summed E-state index contributed by atoms with van der Waals surface area (Å²) in [6, 6.07) is 0. The molecule has 0 unspecified atom stereocenters. The van der Waals surface area contributed by atoms with Crippen molar-refractivity contribution in [2.45, 2.75) is 53.3 Å². The van der Waals surface area contributed by atoms with Crippen molar-refractivity contribution >= 4 is 6.09 Å². The molecule has 5 nitrogen and oxygen atoms in total. The maximum Gasteiger partial charge on any atom is 0.410 e.